The maximum atomic E-state index is 13.5. The highest BCUT2D eigenvalue weighted by atomic mass is 19.1. The number of carbonyl (C=O) groups is 1. The topological polar surface area (TPSA) is 101 Å². The molecule has 140 valence electrons. The van der Waals surface area contributed by atoms with Crippen molar-refractivity contribution in [2.75, 3.05) is 11.4 Å². The minimum absolute atomic E-state index is 0.108. The number of H-pyrrole nitrogens is 1. The highest BCUT2D eigenvalue weighted by Gasteiger charge is 2.35. The summed E-state index contributed by atoms with van der Waals surface area (Å²) in [5, 5.41) is 11.0. The predicted octanol–water partition coefficient (Wildman–Crippen LogP) is 3.38. The number of benzene rings is 1. The minimum atomic E-state index is -0.387. The van der Waals surface area contributed by atoms with Gasteiger partial charge in [0.1, 0.15) is 17.2 Å². The molecule has 9 heteroatoms. The SMILES string of the molecule is O=C1CC(c2noc(-c3cc(-c4ccco4)n[nH]3)n2)CN1c1cccc(F)c1. The number of aromatic nitrogens is 4. The molecule has 1 amide bonds. The van der Waals surface area contributed by atoms with E-state index in [0.29, 0.717) is 35.2 Å². The molecular formula is C19H14FN5O3. The Morgan fingerprint density at radius 2 is 2.14 bits per heavy atom. The fraction of sp³-hybridized carbons (Fsp3) is 0.158. The van der Waals surface area contributed by atoms with Gasteiger partial charge in [-0.2, -0.15) is 10.1 Å². The normalized spacial score (nSPS) is 16.8. The summed E-state index contributed by atoms with van der Waals surface area (Å²) in [6.07, 6.45) is 1.80. The molecule has 4 heterocycles. The summed E-state index contributed by atoms with van der Waals surface area (Å²) in [4.78, 5) is 18.3. The van der Waals surface area contributed by atoms with E-state index >= 15 is 0 Å². The quantitative estimate of drug-likeness (QED) is 0.583. The molecule has 4 aromatic rings. The minimum Gasteiger partial charge on any atom is -0.463 e. The molecular weight excluding hydrogens is 365 g/mol. The van der Waals surface area contributed by atoms with E-state index in [0.717, 1.165) is 0 Å². The highest BCUT2D eigenvalue weighted by molar-refractivity contribution is 5.96. The van der Waals surface area contributed by atoms with Gasteiger partial charge in [-0.1, -0.05) is 11.2 Å². The Balaban J connectivity index is 1.36. The number of halogens is 1. The van der Waals surface area contributed by atoms with Crippen LogP contribution in [-0.2, 0) is 4.79 Å². The molecule has 5 rings (SSSR count). The molecule has 1 saturated heterocycles. The number of anilines is 1. The lowest BCUT2D eigenvalue weighted by Gasteiger charge is -2.15. The van der Waals surface area contributed by atoms with Crippen LogP contribution in [0.1, 0.15) is 18.2 Å². The average Bonchev–Trinajstić information content (AvgIpc) is 3.45. The van der Waals surface area contributed by atoms with Crippen molar-refractivity contribution in [1.82, 2.24) is 20.3 Å². The number of amides is 1. The van der Waals surface area contributed by atoms with Crippen molar-refractivity contribution in [3.05, 3.63) is 60.4 Å². The summed E-state index contributed by atoms with van der Waals surface area (Å²) in [6, 6.07) is 11.3. The second-order valence-corrected chi connectivity index (χ2v) is 6.49. The second-order valence-electron chi connectivity index (χ2n) is 6.49. The highest BCUT2D eigenvalue weighted by Crippen LogP contribution is 2.32. The maximum absolute atomic E-state index is 13.5. The third-order valence-electron chi connectivity index (χ3n) is 4.63. The molecule has 28 heavy (non-hydrogen) atoms. The summed E-state index contributed by atoms with van der Waals surface area (Å²) in [5.74, 6) is 0.592. The lowest BCUT2D eigenvalue weighted by molar-refractivity contribution is -0.117. The molecule has 0 saturated carbocycles. The third-order valence-corrected chi connectivity index (χ3v) is 4.63. The van der Waals surface area contributed by atoms with E-state index in [2.05, 4.69) is 20.3 Å². The molecule has 3 aromatic heterocycles. The Morgan fingerprint density at radius 1 is 1.21 bits per heavy atom. The number of hydrogen-bond acceptors (Lipinski definition) is 6. The van der Waals surface area contributed by atoms with Crippen LogP contribution in [0, 0.1) is 5.82 Å². The van der Waals surface area contributed by atoms with Gasteiger partial charge in [-0.15, -0.1) is 0 Å². The van der Waals surface area contributed by atoms with Gasteiger partial charge in [0.2, 0.25) is 5.91 Å². The summed E-state index contributed by atoms with van der Waals surface area (Å²) in [7, 11) is 0. The van der Waals surface area contributed by atoms with Gasteiger partial charge in [-0.3, -0.25) is 9.89 Å². The summed E-state index contributed by atoms with van der Waals surface area (Å²) < 4.78 is 24.1. The van der Waals surface area contributed by atoms with E-state index in [1.165, 1.54) is 17.0 Å². The molecule has 1 atom stereocenters. The van der Waals surface area contributed by atoms with Crippen molar-refractivity contribution < 1.29 is 18.1 Å². The lowest BCUT2D eigenvalue weighted by atomic mass is 10.1. The van der Waals surface area contributed by atoms with E-state index in [1.807, 2.05) is 0 Å². The van der Waals surface area contributed by atoms with Crippen molar-refractivity contribution in [2.24, 2.45) is 0 Å². The van der Waals surface area contributed by atoms with E-state index < -0.39 is 0 Å². The molecule has 0 radical (unpaired) electrons. The molecule has 1 aromatic carbocycles. The van der Waals surface area contributed by atoms with Crippen LogP contribution in [0.4, 0.5) is 10.1 Å². The van der Waals surface area contributed by atoms with Crippen molar-refractivity contribution in [3.8, 4) is 23.0 Å². The molecule has 1 aliphatic heterocycles. The Morgan fingerprint density at radius 3 is 2.96 bits per heavy atom. The smallest absolute Gasteiger partial charge is 0.275 e. The van der Waals surface area contributed by atoms with Crippen molar-refractivity contribution in [2.45, 2.75) is 12.3 Å². The number of rotatable bonds is 4. The van der Waals surface area contributed by atoms with Gasteiger partial charge in [-0.05, 0) is 30.3 Å². The zero-order valence-electron chi connectivity index (χ0n) is 14.5. The largest absolute Gasteiger partial charge is 0.463 e. The number of carbonyl (C=O) groups excluding carboxylic acids is 1. The lowest BCUT2D eigenvalue weighted by Crippen LogP contribution is -2.24. The molecule has 0 bridgehead atoms. The van der Waals surface area contributed by atoms with Gasteiger partial charge in [0, 0.05) is 30.6 Å². The van der Waals surface area contributed by atoms with E-state index in [-0.39, 0.29) is 30.0 Å². The molecule has 1 N–H and O–H groups in total. The van der Waals surface area contributed by atoms with Gasteiger partial charge in [0.15, 0.2) is 11.6 Å². The van der Waals surface area contributed by atoms with Crippen molar-refractivity contribution in [3.63, 3.8) is 0 Å². The van der Waals surface area contributed by atoms with Crippen LogP contribution >= 0.6 is 0 Å². The van der Waals surface area contributed by atoms with Crippen LogP contribution in [0.2, 0.25) is 0 Å². The van der Waals surface area contributed by atoms with Gasteiger partial charge in [0.05, 0.1) is 6.26 Å². The fourth-order valence-corrected chi connectivity index (χ4v) is 3.27. The maximum Gasteiger partial charge on any atom is 0.275 e. The Hall–Kier alpha value is -3.75. The number of aromatic amines is 1. The second kappa shape index (κ2) is 6.45. The standard InChI is InChI=1S/C19H14FN5O3/c20-12-3-1-4-13(8-12)25-10-11(7-17(25)26)18-21-19(28-24-18)15-9-14(22-23-15)16-5-2-6-27-16/h1-6,8-9,11H,7,10H2,(H,22,23). The number of hydrogen-bond donors (Lipinski definition) is 1. The van der Waals surface area contributed by atoms with Gasteiger partial charge >= 0.3 is 0 Å². The molecule has 1 unspecified atom stereocenters. The van der Waals surface area contributed by atoms with Gasteiger partial charge in [-0.25, -0.2) is 4.39 Å². The molecule has 0 aliphatic carbocycles. The monoisotopic (exact) mass is 379 g/mol. The van der Waals surface area contributed by atoms with Crippen LogP contribution in [0.25, 0.3) is 23.0 Å². The Labute approximate surface area is 158 Å². The van der Waals surface area contributed by atoms with Crippen LogP contribution in [0.5, 0.6) is 0 Å². The first-order valence-electron chi connectivity index (χ1n) is 8.66. The molecule has 1 aliphatic rings. The average molecular weight is 379 g/mol. The Kier molecular flexibility index (Phi) is 3.78. The van der Waals surface area contributed by atoms with E-state index in [9.17, 15) is 9.18 Å². The molecule has 8 nitrogen and oxygen atoms in total. The molecule has 1 fully saturated rings. The van der Waals surface area contributed by atoms with Crippen LogP contribution in [0.15, 0.2) is 57.7 Å². The van der Waals surface area contributed by atoms with E-state index in [4.69, 9.17) is 8.94 Å². The first-order chi connectivity index (χ1) is 13.7. The van der Waals surface area contributed by atoms with Crippen LogP contribution in [0.3, 0.4) is 0 Å². The number of furan rings is 1. The third kappa shape index (κ3) is 2.86. The van der Waals surface area contributed by atoms with Gasteiger partial charge in [0.25, 0.3) is 5.89 Å². The molecule has 0 spiro atoms. The first-order valence-corrected chi connectivity index (χ1v) is 8.66. The van der Waals surface area contributed by atoms with Crippen LogP contribution < -0.4 is 4.90 Å². The Bertz CT molecular complexity index is 1130. The number of nitrogens with one attached hydrogen (secondary N) is 1. The summed E-state index contributed by atoms with van der Waals surface area (Å²) in [5.41, 5.74) is 1.69. The summed E-state index contributed by atoms with van der Waals surface area (Å²) >= 11 is 0. The van der Waals surface area contributed by atoms with Crippen molar-refractivity contribution in [1.29, 1.82) is 0 Å². The van der Waals surface area contributed by atoms with E-state index in [1.54, 1.807) is 36.6 Å². The predicted molar refractivity (Wildman–Crippen MR) is 95.7 cm³/mol. The first kappa shape index (κ1) is 16.4. The zero-order valence-corrected chi connectivity index (χ0v) is 14.5. The zero-order chi connectivity index (χ0) is 19.1. The van der Waals surface area contributed by atoms with Crippen molar-refractivity contribution >= 4 is 11.6 Å². The number of nitrogens with zero attached hydrogens (tertiary/aromatic N) is 4. The van der Waals surface area contributed by atoms with Gasteiger partial charge < -0.3 is 13.8 Å². The summed E-state index contributed by atoms with van der Waals surface area (Å²) in [6.45, 7) is 0.363. The van der Waals surface area contributed by atoms with Crippen LogP contribution in [-0.4, -0.2) is 32.8 Å². The fourth-order valence-electron chi connectivity index (χ4n) is 3.27.